The highest BCUT2D eigenvalue weighted by atomic mass is 79.9. The number of hydrogen-bond donors (Lipinski definition) is 1. The number of hydrogen-bond acceptors (Lipinski definition) is 1. The van der Waals surface area contributed by atoms with Crippen molar-refractivity contribution in [2.24, 2.45) is 0 Å². The Morgan fingerprint density at radius 3 is 2.19 bits per heavy atom. The molecule has 0 bridgehead atoms. The summed E-state index contributed by atoms with van der Waals surface area (Å²) in [6.07, 6.45) is 3.36. The first-order valence-electron chi connectivity index (χ1n) is 6.78. The third kappa shape index (κ3) is 4.30. The standard InChI is InChI=1S/C18H18BrNO/c1-12-10-13(2)18(14(3)11-12)20-17(21)9-6-15-4-7-16(19)8-5-15/h4-11H,1-3H3,(H,20,21)/b9-6+. The maximum absolute atomic E-state index is 12.0. The Bertz CT molecular complexity index is 664. The predicted octanol–water partition coefficient (Wildman–Crippen LogP) is 5.03. The highest BCUT2D eigenvalue weighted by Gasteiger charge is 2.05. The van der Waals surface area contributed by atoms with Gasteiger partial charge < -0.3 is 5.32 Å². The molecule has 2 aromatic rings. The van der Waals surface area contributed by atoms with Gasteiger partial charge in [-0.3, -0.25) is 4.79 Å². The van der Waals surface area contributed by atoms with Gasteiger partial charge in [0.2, 0.25) is 5.91 Å². The molecular formula is C18H18BrNO. The van der Waals surface area contributed by atoms with Gasteiger partial charge in [0, 0.05) is 16.2 Å². The molecule has 0 saturated heterocycles. The molecule has 0 aliphatic rings. The molecule has 0 unspecified atom stereocenters. The smallest absolute Gasteiger partial charge is 0.248 e. The van der Waals surface area contributed by atoms with Crippen LogP contribution in [0.2, 0.25) is 0 Å². The van der Waals surface area contributed by atoms with Gasteiger partial charge in [0.1, 0.15) is 0 Å². The number of rotatable bonds is 3. The van der Waals surface area contributed by atoms with E-state index in [1.807, 2.05) is 38.1 Å². The molecule has 108 valence electrons. The lowest BCUT2D eigenvalue weighted by Crippen LogP contribution is -2.10. The lowest BCUT2D eigenvalue weighted by Gasteiger charge is -2.11. The molecule has 1 amide bonds. The van der Waals surface area contributed by atoms with Crippen LogP contribution in [0.15, 0.2) is 46.9 Å². The number of amides is 1. The highest BCUT2D eigenvalue weighted by Crippen LogP contribution is 2.22. The third-order valence-corrected chi connectivity index (χ3v) is 3.75. The Hall–Kier alpha value is -1.87. The first-order chi connectivity index (χ1) is 9.95. The number of carbonyl (C=O) groups is 1. The molecule has 2 rings (SSSR count). The quantitative estimate of drug-likeness (QED) is 0.778. The minimum atomic E-state index is -0.118. The van der Waals surface area contributed by atoms with E-state index < -0.39 is 0 Å². The van der Waals surface area contributed by atoms with Gasteiger partial charge in [-0.05, 0) is 55.7 Å². The lowest BCUT2D eigenvalue weighted by molar-refractivity contribution is -0.111. The van der Waals surface area contributed by atoms with Gasteiger partial charge in [-0.1, -0.05) is 45.8 Å². The van der Waals surface area contributed by atoms with Gasteiger partial charge in [0.15, 0.2) is 0 Å². The van der Waals surface area contributed by atoms with Crippen LogP contribution in [0.3, 0.4) is 0 Å². The van der Waals surface area contributed by atoms with Gasteiger partial charge >= 0.3 is 0 Å². The van der Waals surface area contributed by atoms with E-state index in [4.69, 9.17) is 0 Å². The summed E-state index contributed by atoms with van der Waals surface area (Å²) in [5, 5.41) is 2.95. The molecule has 0 aliphatic carbocycles. The number of nitrogens with one attached hydrogen (secondary N) is 1. The molecule has 3 heteroatoms. The first-order valence-corrected chi connectivity index (χ1v) is 7.57. The van der Waals surface area contributed by atoms with Crippen LogP contribution < -0.4 is 5.32 Å². The van der Waals surface area contributed by atoms with Crippen molar-refractivity contribution in [3.05, 3.63) is 69.2 Å². The minimum Gasteiger partial charge on any atom is -0.322 e. The van der Waals surface area contributed by atoms with Crippen LogP contribution in [0.4, 0.5) is 5.69 Å². The van der Waals surface area contributed by atoms with Gasteiger partial charge in [0.05, 0.1) is 0 Å². The van der Waals surface area contributed by atoms with Gasteiger partial charge in [-0.2, -0.15) is 0 Å². The molecule has 0 aromatic heterocycles. The van der Waals surface area contributed by atoms with Crippen LogP contribution in [-0.4, -0.2) is 5.91 Å². The predicted molar refractivity (Wildman–Crippen MR) is 92.5 cm³/mol. The molecule has 0 radical (unpaired) electrons. The van der Waals surface area contributed by atoms with Crippen molar-refractivity contribution in [1.82, 2.24) is 0 Å². The molecule has 0 atom stereocenters. The molecule has 0 aliphatic heterocycles. The highest BCUT2D eigenvalue weighted by molar-refractivity contribution is 9.10. The molecule has 0 spiro atoms. The summed E-state index contributed by atoms with van der Waals surface area (Å²) in [4.78, 5) is 12.0. The second kappa shape index (κ2) is 6.72. The molecule has 0 fully saturated rings. The van der Waals surface area contributed by atoms with Crippen LogP contribution in [0, 0.1) is 20.8 Å². The summed E-state index contributed by atoms with van der Waals surface area (Å²) < 4.78 is 1.02. The molecule has 0 saturated carbocycles. The molecule has 2 nitrogen and oxygen atoms in total. The van der Waals surface area contributed by atoms with Crippen LogP contribution in [-0.2, 0) is 4.79 Å². The van der Waals surface area contributed by atoms with Crippen LogP contribution in [0.5, 0.6) is 0 Å². The molecular weight excluding hydrogens is 326 g/mol. The fourth-order valence-corrected chi connectivity index (χ4v) is 2.55. The Balaban J connectivity index is 2.10. The van der Waals surface area contributed by atoms with E-state index in [0.29, 0.717) is 0 Å². The Morgan fingerprint density at radius 1 is 1.05 bits per heavy atom. The average Bonchev–Trinajstić information content (AvgIpc) is 2.42. The molecule has 21 heavy (non-hydrogen) atoms. The zero-order chi connectivity index (χ0) is 15.4. The normalized spacial score (nSPS) is 10.9. The third-order valence-electron chi connectivity index (χ3n) is 3.22. The van der Waals surface area contributed by atoms with Gasteiger partial charge in [0.25, 0.3) is 0 Å². The van der Waals surface area contributed by atoms with Crippen molar-refractivity contribution in [2.75, 3.05) is 5.32 Å². The van der Waals surface area contributed by atoms with E-state index in [2.05, 4.69) is 40.3 Å². The van der Waals surface area contributed by atoms with Crippen molar-refractivity contribution in [2.45, 2.75) is 20.8 Å². The largest absolute Gasteiger partial charge is 0.322 e. The maximum Gasteiger partial charge on any atom is 0.248 e. The topological polar surface area (TPSA) is 29.1 Å². The number of aryl methyl sites for hydroxylation is 3. The number of halogens is 1. The summed E-state index contributed by atoms with van der Waals surface area (Å²) in [5.41, 5.74) is 5.25. The van der Waals surface area contributed by atoms with Crippen molar-refractivity contribution in [1.29, 1.82) is 0 Å². The van der Waals surface area contributed by atoms with Crippen molar-refractivity contribution >= 4 is 33.6 Å². The summed E-state index contributed by atoms with van der Waals surface area (Å²) in [7, 11) is 0. The number of carbonyl (C=O) groups excluding carboxylic acids is 1. The number of benzene rings is 2. The SMILES string of the molecule is Cc1cc(C)c(NC(=O)/C=C/c2ccc(Br)cc2)c(C)c1. The average molecular weight is 344 g/mol. The van der Waals surface area contributed by atoms with E-state index in [1.165, 1.54) is 5.56 Å². The summed E-state index contributed by atoms with van der Waals surface area (Å²) in [6.45, 7) is 6.07. The maximum atomic E-state index is 12.0. The summed E-state index contributed by atoms with van der Waals surface area (Å²) >= 11 is 3.39. The van der Waals surface area contributed by atoms with Crippen molar-refractivity contribution in [3.63, 3.8) is 0 Å². The fourth-order valence-electron chi connectivity index (χ4n) is 2.29. The molecule has 1 N–H and O–H groups in total. The second-order valence-electron chi connectivity index (χ2n) is 5.15. The zero-order valence-electron chi connectivity index (χ0n) is 12.4. The Labute approximate surface area is 134 Å². The van der Waals surface area contributed by atoms with Crippen molar-refractivity contribution in [3.8, 4) is 0 Å². The fraction of sp³-hybridized carbons (Fsp3) is 0.167. The molecule has 2 aromatic carbocycles. The molecule has 0 heterocycles. The first kappa shape index (κ1) is 15.5. The Morgan fingerprint density at radius 2 is 1.62 bits per heavy atom. The summed E-state index contributed by atoms with van der Waals surface area (Å²) in [5.74, 6) is -0.118. The Kier molecular flexibility index (Phi) is 4.97. The number of anilines is 1. The lowest BCUT2D eigenvalue weighted by atomic mass is 10.1. The van der Waals surface area contributed by atoms with Crippen molar-refractivity contribution < 1.29 is 4.79 Å². The summed E-state index contributed by atoms with van der Waals surface area (Å²) in [6, 6.07) is 12.0. The van der Waals surface area contributed by atoms with Gasteiger partial charge in [-0.25, -0.2) is 0 Å². The van der Waals surface area contributed by atoms with E-state index >= 15 is 0 Å². The van der Waals surface area contributed by atoms with Crippen LogP contribution in [0.1, 0.15) is 22.3 Å². The van der Waals surface area contributed by atoms with E-state index in [1.54, 1.807) is 12.2 Å². The van der Waals surface area contributed by atoms with Crippen LogP contribution in [0.25, 0.3) is 6.08 Å². The van der Waals surface area contributed by atoms with Crippen LogP contribution >= 0.6 is 15.9 Å². The van der Waals surface area contributed by atoms with E-state index in [0.717, 1.165) is 26.9 Å². The zero-order valence-corrected chi connectivity index (χ0v) is 14.0. The minimum absolute atomic E-state index is 0.118. The monoisotopic (exact) mass is 343 g/mol. The van der Waals surface area contributed by atoms with E-state index in [-0.39, 0.29) is 5.91 Å². The van der Waals surface area contributed by atoms with E-state index in [9.17, 15) is 4.79 Å². The van der Waals surface area contributed by atoms with Gasteiger partial charge in [-0.15, -0.1) is 0 Å². The second-order valence-corrected chi connectivity index (χ2v) is 6.06.